The monoisotopic (exact) mass is 169 g/mol. The molecule has 0 spiro atoms. The second kappa shape index (κ2) is 6.44. The Labute approximate surface area is 76.3 Å². The number of piperidine rings is 1. The van der Waals surface area contributed by atoms with Gasteiger partial charge in [0.25, 0.3) is 0 Å². The average molecular weight is 169 g/mol. The van der Waals surface area contributed by atoms with Crippen molar-refractivity contribution in [2.24, 2.45) is 0 Å². The maximum Gasteiger partial charge on any atom is 0.0382 e. The van der Waals surface area contributed by atoms with E-state index in [4.69, 9.17) is 0 Å². The van der Waals surface area contributed by atoms with E-state index in [9.17, 15) is 0 Å². The van der Waals surface area contributed by atoms with E-state index in [1.165, 1.54) is 51.6 Å². The minimum Gasteiger partial charge on any atom is -0.250 e. The van der Waals surface area contributed by atoms with Crippen molar-refractivity contribution >= 4 is 0 Å². The Bertz CT molecular complexity index is 98.0. The summed E-state index contributed by atoms with van der Waals surface area (Å²) in [4.78, 5) is 0. The zero-order chi connectivity index (χ0) is 8.65. The molecule has 2 nitrogen and oxygen atoms in total. The van der Waals surface area contributed by atoms with Gasteiger partial charge < -0.3 is 0 Å². The molecule has 0 aromatic rings. The molecule has 0 aromatic heterocycles. The van der Waals surface area contributed by atoms with Crippen molar-refractivity contribution in [3.05, 3.63) is 6.54 Å². The van der Waals surface area contributed by atoms with Crippen molar-refractivity contribution in [3.63, 3.8) is 0 Å². The van der Waals surface area contributed by atoms with Gasteiger partial charge in [-0.1, -0.05) is 26.2 Å². The molecule has 1 aliphatic rings. The van der Waals surface area contributed by atoms with Gasteiger partial charge in [0.1, 0.15) is 0 Å². The smallest absolute Gasteiger partial charge is 0.0382 e. The summed E-state index contributed by atoms with van der Waals surface area (Å²) < 4.78 is 0. The van der Waals surface area contributed by atoms with Crippen LogP contribution < -0.4 is 5.43 Å². The molecule has 0 amide bonds. The molecule has 0 saturated carbocycles. The number of unbranched alkanes of at least 4 members (excludes halogenated alkanes) is 2. The molecule has 1 heterocycles. The molecular weight excluding hydrogens is 148 g/mol. The Morgan fingerprint density at radius 3 is 2.67 bits per heavy atom. The molecule has 1 radical (unpaired) electrons. The van der Waals surface area contributed by atoms with Crippen LogP contribution in [0.4, 0.5) is 0 Å². The van der Waals surface area contributed by atoms with Crippen molar-refractivity contribution in [1.29, 1.82) is 0 Å². The van der Waals surface area contributed by atoms with Crippen molar-refractivity contribution in [2.75, 3.05) is 13.1 Å². The van der Waals surface area contributed by atoms with Crippen LogP contribution in [0, 0.1) is 6.54 Å². The summed E-state index contributed by atoms with van der Waals surface area (Å²) in [7, 11) is 0. The lowest BCUT2D eigenvalue weighted by molar-refractivity contribution is 0.169. The predicted octanol–water partition coefficient (Wildman–Crippen LogP) is 2.33. The zero-order valence-corrected chi connectivity index (χ0v) is 8.18. The van der Waals surface area contributed by atoms with Gasteiger partial charge in [-0.2, -0.15) is 0 Å². The van der Waals surface area contributed by atoms with E-state index in [-0.39, 0.29) is 0 Å². The third-order valence-corrected chi connectivity index (χ3v) is 2.33. The lowest BCUT2D eigenvalue weighted by Gasteiger charge is -2.26. The van der Waals surface area contributed by atoms with Crippen LogP contribution in [-0.4, -0.2) is 18.1 Å². The Kier molecular flexibility index (Phi) is 5.37. The van der Waals surface area contributed by atoms with Crippen molar-refractivity contribution in [2.45, 2.75) is 45.4 Å². The quantitative estimate of drug-likeness (QED) is 0.635. The average Bonchev–Trinajstić information content (AvgIpc) is 2.14. The number of hydrazine groups is 1. The van der Waals surface area contributed by atoms with Crippen LogP contribution in [0.2, 0.25) is 0 Å². The Balaban J connectivity index is 1.91. The van der Waals surface area contributed by atoms with Crippen molar-refractivity contribution in [3.8, 4) is 0 Å². The topological polar surface area (TPSA) is 15.3 Å². The second-order valence-corrected chi connectivity index (χ2v) is 3.52. The van der Waals surface area contributed by atoms with E-state index in [0.717, 1.165) is 0 Å². The van der Waals surface area contributed by atoms with Gasteiger partial charge in [-0.3, -0.25) is 5.43 Å². The van der Waals surface area contributed by atoms with Gasteiger partial charge in [-0.15, -0.1) is 0 Å². The van der Waals surface area contributed by atoms with Crippen LogP contribution in [0.25, 0.3) is 0 Å². The fourth-order valence-corrected chi connectivity index (χ4v) is 1.52. The van der Waals surface area contributed by atoms with Crippen LogP contribution in [0.5, 0.6) is 0 Å². The predicted molar refractivity (Wildman–Crippen MR) is 52.4 cm³/mol. The number of nitrogens with zero attached hydrogens (tertiary/aromatic N) is 1. The molecule has 0 bridgehead atoms. The first-order valence-corrected chi connectivity index (χ1v) is 5.26. The summed E-state index contributed by atoms with van der Waals surface area (Å²) in [5.41, 5.74) is 3.36. The van der Waals surface area contributed by atoms with Crippen molar-refractivity contribution in [1.82, 2.24) is 10.4 Å². The lowest BCUT2D eigenvalue weighted by Crippen LogP contribution is -2.39. The second-order valence-electron chi connectivity index (χ2n) is 3.52. The van der Waals surface area contributed by atoms with E-state index in [1.807, 2.05) is 0 Å². The highest BCUT2D eigenvalue weighted by Crippen LogP contribution is 2.06. The molecular formula is C10H21N2. The molecule has 1 fully saturated rings. The summed E-state index contributed by atoms with van der Waals surface area (Å²) >= 11 is 0. The van der Waals surface area contributed by atoms with Gasteiger partial charge in [-0.25, -0.2) is 5.01 Å². The first-order chi connectivity index (χ1) is 5.93. The molecule has 0 aliphatic carbocycles. The van der Waals surface area contributed by atoms with Gasteiger partial charge in [0.05, 0.1) is 0 Å². The van der Waals surface area contributed by atoms with E-state index in [2.05, 4.69) is 23.9 Å². The molecule has 12 heavy (non-hydrogen) atoms. The summed E-state index contributed by atoms with van der Waals surface area (Å²) in [6, 6.07) is 0. The maximum absolute atomic E-state index is 3.36. The Morgan fingerprint density at radius 1 is 1.25 bits per heavy atom. The minimum absolute atomic E-state index is 1.20. The zero-order valence-electron chi connectivity index (χ0n) is 8.18. The van der Waals surface area contributed by atoms with E-state index in [0.29, 0.717) is 0 Å². The summed E-state index contributed by atoms with van der Waals surface area (Å²) in [5.74, 6) is 0. The number of nitrogens with one attached hydrogen (secondary N) is 1. The summed E-state index contributed by atoms with van der Waals surface area (Å²) in [5, 5.41) is 2.33. The Morgan fingerprint density at radius 2 is 2.00 bits per heavy atom. The third kappa shape index (κ3) is 4.07. The molecule has 1 saturated heterocycles. The number of hydrogen-bond donors (Lipinski definition) is 1. The SMILES string of the molecule is CCCC[CH]NN1CCCCC1. The number of rotatable bonds is 5. The van der Waals surface area contributed by atoms with Gasteiger partial charge in [0.2, 0.25) is 0 Å². The van der Waals surface area contributed by atoms with E-state index in [1.54, 1.807) is 0 Å². The largest absolute Gasteiger partial charge is 0.250 e. The van der Waals surface area contributed by atoms with Gasteiger partial charge in [-0.05, 0) is 19.3 Å². The highest BCUT2D eigenvalue weighted by Gasteiger charge is 2.07. The normalized spacial score (nSPS) is 19.8. The van der Waals surface area contributed by atoms with Gasteiger partial charge in [0, 0.05) is 19.6 Å². The molecule has 1 N–H and O–H groups in total. The van der Waals surface area contributed by atoms with Crippen LogP contribution in [-0.2, 0) is 0 Å². The highest BCUT2D eigenvalue weighted by molar-refractivity contribution is 4.65. The highest BCUT2D eigenvalue weighted by atomic mass is 15.5. The Hall–Kier alpha value is -0.0800. The minimum atomic E-state index is 1.20. The molecule has 2 heteroatoms. The summed E-state index contributed by atoms with van der Waals surface area (Å²) in [6.45, 7) is 6.88. The molecule has 1 aliphatic heterocycles. The van der Waals surface area contributed by atoms with Gasteiger partial charge in [0.15, 0.2) is 0 Å². The first kappa shape index (κ1) is 10.0. The standard InChI is InChI=1S/C10H21N2/c1-2-3-5-8-11-12-9-6-4-7-10-12/h8,11H,2-7,9-10H2,1H3. The van der Waals surface area contributed by atoms with Crippen LogP contribution >= 0.6 is 0 Å². The van der Waals surface area contributed by atoms with Crippen molar-refractivity contribution < 1.29 is 0 Å². The third-order valence-electron chi connectivity index (χ3n) is 2.33. The molecule has 0 atom stereocenters. The molecule has 0 aromatic carbocycles. The number of hydrogen-bond acceptors (Lipinski definition) is 2. The first-order valence-electron chi connectivity index (χ1n) is 5.26. The van der Waals surface area contributed by atoms with Crippen LogP contribution in [0.15, 0.2) is 0 Å². The van der Waals surface area contributed by atoms with E-state index >= 15 is 0 Å². The lowest BCUT2D eigenvalue weighted by atomic mass is 10.2. The van der Waals surface area contributed by atoms with E-state index < -0.39 is 0 Å². The molecule has 1 rings (SSSR count). The summed E-state index contributed by atoms with van der Waals surface area (Å²) in [6.07, 6.45) is 7.92. The fourth-order valence-electron chi connectivity index (χ4n) is 1.52. The van der Waals surface area contributed by atoms with Crippen LogP contribution in [0.1, 0.15) is 45.4 Å². The van der Waals surface area contributed by atoms with Gasteiger partial charge >= 0.3 is 0 Å². The van der Waals surface area contributed by atoms with Crippen LogP contribution in [0.3, 0.4) is 0 Å². The molecule has 71 valence electrons. The fraction of sp³-hybridized carbons (Fsp3) is 0.900. The molecule has 0 unspecified atom stereocenters. The maximum atomic E-state index is 3.36.